The number of imide groups is 1. The Bertz CT molecular complexity index is 1160. The molecule has 2 N–H and O–H groups in total. The van der Waals surface area contributed by atoms with Gasteiger partial charge in [-0.2, -0.15) is 0 Å². The molecule has 2 aliphatic heterocycles. The topological polar surface area (TPSA) is 85.0 Å². The Balaban J connectivity index is 1.26. The predicted molar refractivity (Wildman–Crippen MR) is 135 cm³/mol. The summed E-state index contributed by atoms with van der Waals surface area (Å²) < 4.78 is 0. The number of nitrogens with zero attached hydrogens (tertiary/aromatic N) is 3. The van der Waals surface area contributed by atoms with Crippen LogP contribution in [-0.4, -0.2) is 66.9 Å². The van der Waals surface area contributed by atoms with Crippen molar-refractivity contribution in [1.29, 1.82) is 0 Å². The first-order valence-electron chi connectivity index (χ1n) is 12.5. The summed E-state index contributed by atoms with van der Waals surface area (Å²) in [6.07, 6.45) is 2.23. The van der Waals surface area contributed by atoms with E-state index in [1.54, 1.807) is 0 Å². The number of benzene rings is 2. The lowest BCUT2D eigenvalue weighted by Gasteiger charge is -2.35. The van der Waals surface area contributed by atoms with Crippen molar-refractivity contribution in [2.45, 2.75) is 38.6 Å². The van der Waals surface area contributed by atoms with Crippen molar-refractivity contribution in [1.82, 2.24) is 15.1 Å². The zero-order valence-corrected chi connectivity index (χ0v) is 20.5. The fraction of sp³-hybridized carbons (Fsp3) is 0.444. The number of amides is 4. The van der Waals surface area contributed by atoms with Gasteiger partial charge >= 0.3 is 6.03 Å². The summed E-state index contributed by atoms with van der Waals surface area (Å²) in [6, 6.07) is 13.2. The zero-order chi connectivity index (χ0) is 24.6. The van der Waals surface area contributed by atoms with E-state index in [1.165, 1.54) is 0 Å². The molecule has 35 heavy (non-hydrogen) atoms. The van der Waals surface area contributed by atoms with Crippen molar-refractivity contribution in [2.75, 3.05) is 49.5 Å². The molecule has 2 saturated heterocycles. The van der Waals surface area contributed by atoms with Gasteiger partial charge in [0.25, 0.3) is 5.91 Å². The average Bonchev–Trinajstić information content (AvgIpc) is 3.10. The highest BCUT2D eigenvalue weighted by molar-refractivity contribution is 6.10. The van der Waals surface area contributed by atoms with Crippen molar-refractivity contribution in [3.05, 3.63) is 59.2 Å². The molecule has 1 aliphatic carbocycles. The minimum Gasteiger partial charge on any atom is -0.369 e. The number of rotatable bonds is 5. The van der Waals surface area contributed by atoms with E-state index < -0.39 is 11.6 Å². The third-order valence-corrected chi connectivity index (χ3v) is 7.62. The Hall–Kier alpha value is -3.39. The van der Waals surface area contributed by atoms with Crippen LogP contribution in [0, 0.1) is 6.92 Å². The molecular weight excluding hydrogens is 442 g/mol. The molecule has 184 valence electrons. The number of nitrogens with one attached hydrogen (secondary N) is 2. The van der Waals surface area contributed by atoms with Gasteiger partial charge in [-0.05, 0) is 67.6 Å². The number of aryl methyl sites for hydroxylation is 2. The van der Waals surface area contributed by atoms with Crippen LogP contribution in [0.4, 0.5) is 16.2 Å². The van der Waals surface area contributed by atoms with Gasteiger partial charge in [0.2, 0.25) is 5.91 Å². The van der Waals surface area contributed by atoms with Crippen molar-refractivity contribution in [2.24, 2.45) is 0 Å². The zero-order valence-electron chi connectivity index (χ0n) is 20.5. The molecule has 2 aromatic carbocycles. The third-order valence-electron chi connectivity index (χ3n) is 7.62. The highest BCUT2D eigenvalue weighted by Gasteiger charge is 2.54. The molecule has 1 unspecified atom stereocenters. The van der Waals surface area contributed by atoms with Gasteiger partial charge in [-0.3, -0.25) is 14.5 Å². The normalized spacial score (nSPS) is 22.3. The molecule has 0 aromatic heterocycles. The first kappa shape index (κ1) is 23.4. The Morgan fingerprint density at radius 1 is 1.09 bits per heavy atom. The first-order chi connectivity index (χ1) is 16.9. The van der Waals surface area contributed by atoms with Crippen molar-refractivity contribution >= 4 is 29.2 Å². The number of piperazine rings is 1. The Kier molecular flexibility index (Phi) is 6.23. The van der Waals surface area contributed by atoms with Crippen LogP contribution in [0.1, 0.15) is 36.5 Å². The van der Waals surface area contributed by atoms with Crippen molar-refractivity contribution in [3.8, 4) is 0 Å². The number of fused-ring (bicyclic) bond motifs is 2. The summed E-state index contributed by atoms with van der Waals surface area (Å²) in [7, 11) is 0. The molecule has 2 fully saturated rings. The maximum Gasteiger partial charge on any atom is 0.325 e. The molecule has 1 atom stereocenters. The van der Waals surface area contributed by atoms with Gasteiger partial charge in [-0.1, -0.05) is 31.2 Å². The third kappa shape index (κ3) is 4.27. The lowest BCUT2D eigenvalue weighted by molar-refractivity contribution is -0.134. The molecule has 8 heteroatoms. The molecule has 2 heterocycles. The average molecular weight is 476 g/mol. The highest BCUT2D eigenvalue weighted by atomic mass is 16.2. The van der Waals surface area contributed by atoms with Crippen LogP contribution in [0.5, 0.6) is 0 Å². The Labute approximate surface area is 206 Å². The van der Waals surface area contributed by atoms with Crippen LogP contribution < -0.4 is 15.5 Å². The standard InChI is InChI=1S/C27H33N5O3/c1-3-30-13-15-31(16-14-30)21-10-11-23(19(2)17-21)28-24(33)18-32-25(34)27(29-26(32)35)12-6-8-20-7-4-5-9-22(20)27/h4-5,7,9-11,17H,3,6,8,12-16,18H2,1-2H3,(H,28,33)(H,29,35). The van der Waals surface area contributed by atoms with Gasteiger partial charge in [0.15, 0.2) is 0 Å². The first-order valence-corrected chi connectivity index (χ1v) is 12.5. The van der Waals surface area contributed by atoms with E-state index in [2.05, 4.69) is 33.4 Å². The minimum atomic E-state index is -1.06. The number of carbonyl (C=O) groups excluding carboxylic acids is 3. The number of carbonyl (C=O) groups is 3. The van der Waals surface area contributed by atoms with E-state index in [0.717, 1.165) is 72.8 Å². The smallest absolute Gasteiger partial charge is 0.325 e. The summed E-state index contributed by atoms with van der Waals surface area (Å²) in [5, 5.41) is 5.80. The number of hydrogen-bond acceptors (Lipinski definition) is 5. The molecule has 2 aromatic rings. The quantitative estimate of drug-likeness (QED) is 0.650. The van der Waals surface area contributed by atoms with E-state index in [1.807, 2.05) is 43.3 Å². The lowest BCUT2D eigenvalue weighted by atomic mass is 9.76. The summed E-state index contributed by atoms with van der Waals surface area (Å²) in [4.78, 5) is 44.9. The largest absolute Gasteiger partial charge is 0.369 e. The SMILES string of the molecule is CCN1CCN(c2ccc(NC(=O)CN3C(=O)NC4(CCCc5ccccc54)C3=O)c(C)c2)CC1. The molecular formula is C27H33N5O3. The van der Waals surface area contributed by atoms with Crippen LogP contribution in [0.3, 0.4) is 0 Å². The van der Waals surface area contributed by atoms with Gasteiger partial charge < -0.3 is 20.4 Å². The van der Waals surface area contributed by atoms with Crippen molar-refractivity contribution in [3.63, 3.8) is 0 Å². The van der Waals surface area contributed by atoms with E-state index in [0.29, 0.717) is 12.1 Å². The Morgan fingerprint density at radius 3 is 2.60 bits per heavy atom. The predicted octanol–water partition coefficient (Wildman–Crippen LogP) is 2.86. The summed E-state index contributed by atoms with van der Waals surface area (Å²) >= 11 is 0. The molecule has 0 radical (unpaired) electrons. The molecule has 5 rings (SSSR count). The summed E-state index contributed by atoms with van der Waals surface area (Å²) in [5.74, 6) is -0.731. The second kappa shape index (κ2) is 9.34. The summed E-state index contributed by atoms with van der Waals surface area (Å²) in [6.45, 7) is 8.97. The monoisotopic (exact) mass is 475 g/mol. The van der Waals surface area contributed by atoms with Gasteiger partial charge in [0.1, 0.15) is 12.1 Å². The van der Waals surface area contributed by atoms with Gasteiger partial charge in [0, 0.05) is 37.6 Å². The van der Waals surface area contributed by atoms with Gasteiger partial charge in [-0.15, -0.1) is 0 Å². The van der Waals surface area contributed by atoms with Crippen LogP contribution in [0.2, 0.25) is 0 Å². The number of likely N-dealkylation sites (N-methyl/N-ethyl adjacent to an activating group) is 1. The van der Waals surface area contributed by atoms with E-state index >= 15 is 0 Å². The molecule has 1 spiro atoms. The van der Waals surface area contributed by atoms with Crippen LogP contribution in [0.15, 0.2) is 42.5 Å². The van der Waals surface area contributed by atoms with Crippen LogP contribution >= 0.6 is 0 Å². The van der Waals surface area contributed by atoms with Crippen molar-refractivity contribution < 1.29 is 14.4 Å². The minimum absolute atomic E-state index is 0.311. The molecule has 3 aliphatic rings. The fourth-order valence-electron chi connectivity index (χ4n) is 5.60. The number of hydrogen-bond donors (Lipinski definition) is 2. The maximum atomic E-state index is 13.4. The Morgan fingerprint density at radius 2 is 1.86 bits per heavy atom. The fourth-order valence-corrected chi connectivity index (χ4v) is 5.60. The van der Waals surface area contributed by atoms with Crippen LogP contribution in [-0.2, 0) is 21.5 Å². The molecule has 0 saturated carbocycles. The molecule has 8 nitrogen and oxygen atoms in total. The van der Waals surface area contributed by atoms with Gasteiger partial charge in [0.05, 0.1) is 0 Å². The van der Waals surface area contributed by atoms with E-state index in [4.69, 9.17) is 0 Å². The molecule has 0 bridgehead atoms. The molecule has 4 amide bonds. The summed E-state index contributed by atoms with van der Waals surface area (Å²) in [5.41, 5.74) is 3.64. The second-order valence-corrected chi connectivity index (χ2v) is 9.71. The van der Waals surface area contributed by atoms with E-state index in [9.17, 15) is 14.4 Å². The number of anilines is 2. The lowest BCUT2D eigenvalue weighted by Crippen LogP contribution is -2.47. The van der Waals surface area contributed by atoms with E-state index in [-0.39, 0.29) is 18.4 Å². The van der Waals surface area contributed by atoms with Crippen LogP contribution in [0.25, 0.3) is 0 Å². The second-order valence-electron chi connectivity index (χ2n) is 9.71. The highest BCUT2D eigenvalue weighted by Crippen LogP contribution is 2.39. The number of urea groups is 1. The van der Waals surface area contributed by atoms with Gasteiger partial charge in [-0.25, -0.2) is 4.79 Å². The maximum absolute atomic E-state index is 13.4.